The van der Waals surface area contributed by atoms with Crippen molar-refractivity contribution in [2.45, 2.75) is 51.6 Å². The van der Waals surface area contributed by atoms with E-state index >= 15 is 0 Å². The second-order valence-corrected chi connectivity index (χ2v) is 9.07. The van der Waals surface area contributed by atoms with Crippen LogP contribution in [0.1, 0.15) is 38.3 Å². The maximum atomic E-state index is 13.1. The first-order chi connectivity index (χ1) is 15.2. The van der Waals surface area contributed by atoms with Crippen molar-refractivity contribution < 1.29 is 14.5 Å². The number of hydrogen-bond acceptors (Lipinski definition) is 5. The van der Waals surface area contributed by atoms with Gasteiger partial charge in [-0.3, -0.25) is 19.7 Å². The molecule has 2 rings (SSSR count). The van der Waals surface area contributed by atoms with Gasteiger partial charge in [-0.2, -0.15) is 0 Å². The summed E-state index contributed by atoms with van der Waals surface area (Å²) in [7, 11) is 0. The van der Waals surface area contributed by atoms with Crippen LogP contribution in [0.2, 0.25) is 5.02 Å². The number of amides is 2. The lowest BCUT2D eigenvalue weighted by atomic mass is 10.1. The Morgan fingerprint density at radius 1 is 1.09 bits per heavy atom. The van der Waals surface area contributed by atoms with E-state index < -0.39 is 11.0 Å². The van der Waals surface area contributed by atoms with Gasteiger partial charge in [0.25, 0.3) is 5.69 Å². The number of rotatable bonds is 11. The predicted octanol–water partition coefficient (Wildman–Crippen LogP) is 4.81. The Balaban J connectivity index is 2.10. The van der Waals surface area contributed by atoms with Gasteiger partial charge in [-0.1, -0.05) is 42.8 Å². The number of nitro groups is 1. The zero-order chi connectivity index (χ0) is 23.7. The molecule has 2 aromatic rings. The van der Waals surface area contributed by atoms with Crippen molar-refractivity contribution >= 4 is 40.9 Å². The van der Waals surface area contributed by atoms with Gasteiger partial charge in [0, 0.05) is 35.5 Å². The molecule has 0 aliphatic heterocycles. The van der Waals surface area contributed by atoms with Gasteiger partial charge in [0.05, 0.1) is 10.7 Å². The average molecular weight is 478 g/mol. The molecule has 0 fully saturated rings. The molecule has 2 aromatic carbocycles. The van der Waals surface area contributed by atoms with Crippen molar-refractivity contribution in [3.05, 3.63) is 74.8 Å². The summed E-state index contributed by atoms with van der Waals surface area (Å²) in [5.74, 6) is 0.409. The van der Waals surface area contributed by atoms with Crippen LogP contribution in [0.4, 0.5) is 5.69 Å². The number of non-ortho nitro benzene ring substituents is 1. The zero-order valence-electron chi connectivity index (χ0n) is 18.4. The fourth-order valence-electron chi connectivity index (χ4n) is 3.14. The highest BCUT2D eigenvalue weighted by molar-refractivity contribution is 7.99. The van der Waals surface area contributed by atoms with Gasteiger partial charge >= 0.3 is 0 Å². The van der Waals surface area contributed by atoms with E-state index in [0.29, 0.717) is 23.7 Å². The Labute approximate surface area is 197 Å². The third-order valence-electron chi connectivity index (χ3n) is 4.72. The van der Waals surface area contributed by atoms with Crippen LogP contribution in [0.15, 0.2) is 48.5 Å². The number of carbonyl (C=O) groups is 2. The Hall–Kier alpha value is -2.58. The second-order valence-electron chi connectivity index (χ2n) is 7.65. The Morgan fingerprint density at radius 2 is 1.69 bits per heavy atom. The third-order valence-corrected chi connectivity index (χ3v) is 5.96. The van der Waals surface area contributed by atoms with Crippen molar-refractivity contribution in [3.63, 3.8) is 0 Å². The van der Waals surface area contributed by atoms with Crippen LogP contribution in [-0.4, -0.2) is 39.5 Å². The zero-order valence-corrected chi connectivity index (χ0v) is 20.0. The first-order valence-electron chi connectivity index (χ1n) is 10.4. The highest BCUT2D eigenvalue weighted by atomic mass is 35.5. The summed E-state index contributed by atoms with van der Waals surface area (Å²) in [5.41, 5.74) is 1.81. The number of thioether (sulfide) groups is 1. The van der Waals surface area contributed by atoms with E-state index in [-0.39, 0.29) is 29.3 Å². The lowest BCUT2D eigenvalue weighted by Crippen LogP contribution is -2.50. The molecule has 0 aliphatic carbocycles. The fraction of sp³-hybridized carbons (Fsp3) is 0.391. The van der Waals surface area contributed by atoms with Crippen molar-refractivity contribution in [2.75, 3.05) is 5.75 Å². The standard InChI is InChI=1S/C23H28ClN3O4S/c1-4-21(23(29)25-16(2)3)26(13-17-5-9-19(24)10-6-17)22(28)15-32-14-18-7-11-20(12-8-18)27(30)31/h5-12,16,21H,4,13-15H2,1-3H3,(H,25,29)/t21-/m0/s1. The van der Waals surface area contributed by atoms with E-state index in [2.05, 4.69) is 5.32 Å². The van der Waals surface area contributed by atoms with Crippen molar-refractivity contribution in [2.24, 2.45) is 0 Å². The van der Waals surface area contributed by atoms with Gasteiger partial charge in [0.1, 0.15) is 6.04 Å². The molecular formula is C23H28ClN3O4S. The van der Waals surface area contributed by atoms with E-state index in [0.717, 1.165) is 11.1 Å². The van der Waals surface area contributed by atoms with E-state index in [4.69, 9.17) is 11.6 Å². The lowest BCUT2D eigenvalue weighted by molar-refractivity contribution is -0.384. The van der Waals surface area contributed by atoms with Crippen molar-refractivity contribution in [3.8, 4) is 0 Å². The summed E-state index contributed by atoms with van der Waals surface area (Å²) in [5, 5.41) is 14.3. The van der Waals surface area contributed by atoms with Gasteiger partial charge in [-0.15, -0.1) is 11.8 Å². The topological polar surface area (TPSA) is 92.6 Å². The molecule has 0 radical (unpaired) electrons. The minimum absolute atomic E-state index is 0.0273. The van der Waals surface area contributed by atoms with Gasteiger partial charge < -0.3 is 10.2 Å². The molecule has 0 saturated heterocycles. The summed E-state index contributed by atoms with van der Waals surface area (Å²) >= 11 is 7.39. The van der Waals surface area contributed by atoms with Crippen molar-refractivity contribution in [1.29, 1.82) is 0 Å². The Morgan fingerprint density at radius 3 is 2.22 bits per heavy atom. The molecule has 7 nitrogen and oxygen atoms in total. The van der Waals surface area contributed by atoms with E-state index in [1.165, 1.54) is 23.9 Å². The van der Waals surface area contributed by atoms with E-state index in [9.17, 15) is 19.7 Å². The number of halogens is 1. The Bertz CT molecular complexity index is 920. The number of nitrogens with zero attached hydrogens (tertiary/aromatic N) is 2. The number of benzene rings is 2. The van der Waals surface area contributed by atoms with Crippen LogP contribution >= 0.6 is 23.4 Å². The number of nitro benzene ring substituents is 1. The molecule has 0 unspecified atom stereocenters. The molecule has 0 saturated carbocycles. The maximum Gasteiger partial charge on any atom is 0.269 e. The number of carbonyl (C=O) groups excluding carboxylic acids is 2. The Kier molecular flexibility index (Phi) is 9.99. The number of hydrogen-bond donors (Lipinski definition) is 1. The average Bonchev–Trinajstić information content (AvgIpc) is 2.74. The van der Waals surface area contributed by atoms with E-state index in [1.807, 2.05) is 32.9 Å². The van der Waals surface area contributed by atoms with Crippen LogP contribution in [-0.2, 0) is 21.9 Å². The molecule has 9 heteroatoms. The molecule has 172 valence electrons. The molecule has 0 aliphatic rings. The molecule has 0 spiro atoms. The van der Waals surface area contributed by atoms with Crippen LogP contribution < -0.4 is 5.32 Å². The third kappa shape index (κ3) is 7.84. The minimum Gasteiger partial charge on any atom is -0.352 e. The molecular weight excluding hydrogens is 450 g/mol. The highest BCUT2D eigenvalue weighted by Gasteiger charge is 2.28. The molecule has 2 amide bonds. The van der Waals surface area contributed by atoms with Crippen LogP contribution in [0, 0.1) is 10.1 Å². The molecule has 1 atom stereocenters. The second kappa shape index (κ2) is 12.5. The van der Waals surface area contributed by atoms with Gasteiger partial charge in [-0.05, 0) is 43.5 Å². The molecule has 0 heterocycles. The maximum absolute atomic E-state index is 13.1. The van der Waals surface area contributed by atoms with E-state index in [1.54, 1.807) is 29.2 Å². The van der Waals surface area contributed by atoms with Crippen LogP contribution in [0.25, 0.3) is 0 Å². The summed E-state index contributed by atoms with van der Waals surface area (Å²) in [6, 6.07) is 12.9. The molecule has 0 bridgehead atoms. The summed E-state index contributed by atoms with van der Waals surface area (Å²) in [6.45, 7) is 5.96. The van der Waals surface area contributed by atoms with Gasteiger partial charge in [0.15, 0.2) is 0 Å². The highest BCUT2D eigenvalue weighted by Crippen LogP contribution is 2.20. The first-order valence-corrected chi connectivity index (χ1v) is 11.9. The monoisotopic (exact) mass is 477 g/mol. The quantitative estimate of drug-likeness (QED) is 0.370. The minimum atomic E-state index is -0.583. The molecule has 0 aromatic heterocycles. The molecule has 1 N–H and O–H groups in total. The largest absolute Gasteiger partial charge is 0.352 e. The first kappa shape index (κ1) is 25.7. The fourth-order valence-corrected chi connectivity index (χ4v) is 4.14. The lowest BCUT2D eigenvalue weighted by Gasteiger charge is -2.31. The normalized spacial score (nSPS) is 11.8. The SMILES string of the molecule is CC[C@@H](C(=O)NC(C)C)N(Cc1ccc(Cl)cc1)C(=O)CSCc1ccc([N+](=O)[O-])cc1. The van der Waals surface area contributed by atoms with Gasteiger partial charge in [0.2, 0.25) is 11.8 Å². The smallest absolute Gasteiger partial charge is 0.269 e. The van der Waals surface area contributed by atoms with Crippen LogP contribution in [0.3, 0.4) is 0 Å². The number of nitrogens with one attached hydrogen (secondary N) is 1. The summed E-state index contributed by atoms with van der Waals surface area (Å²) < 4.78 is 0. The van der Waals surface area contributed by atoms with Crippen LogP contribution in [0.5, 0.6) is 0 Å². The van der Waals surface area contributed by atoms with Crippen molar-refractivity contribution in [1.82, 2.24) is 10.2 Å². The summed E-state index contributed by atoms with van der Waals surface area (Å²) in [4.78, 5) is 37.9. The van der Waals surface area contributed by atoms with Gasteiger partial charge in [-0.25, -0.2) is 0 Å². The summed E-state index contributed by atoms with van der Waals surface area (Å²) in [6.07, 6.45) is 0.491. The predicted molar refractivity (Wildman–Crippen MR) is 129 cm³/mol. The molecule has 32 heavy (non-hydrogen) atoms.